The number of hydrogen-bond acceptors (Lipinski definition) is 8. The van der Waals surface area contributed by atoms with Crippen molar-refractivity contribution in [2.75, 3.05) is 13.2 Å². The summed E-state index contributed by atoms with van der Waals surface area (Å²) in [6.07, 6.45) is -2.37. The molecule has 6 rings (SSSR count). The summed E-state index contributed by atoms with van der Waals surface area (Å²) in [5.74, 6) is -0.513. The number of aryl methyl sites for hydroxylation is 6. The van der Waals surface area contributed by atoms with Crippen LogP contribution in [0.3, 0.4) is 0 Å². The number of hydrogen-bond donors (Lipinski definition) is 2. The number of sulfonamides is 2. The van der Waals surface area contributed by atoms with E-state index in [-0.39, 0.29) is 56.8 Å². The van der Waals surface area contributed by atoms with Crippen molar-refractivity contribution in [3.05, 3.63) is 104 Å². The predicted octanol–water partition coefficient (Wildman–Crippen LogP) is 9.43. The normalized spacial score (nSPS) is 21.3. The molecule has 0 radical (unpaired) electrons. The van der Waals surface area contributed by atoms with Crippen LogP contribution in [0.1, 0.15) is 123 Å². The quantitative estimate of drug-likeness (QED) is 0.188. The zero-order valence-electron chi connectivity index (χ0n) is 36.4. The average Bonchev–Trinajstić information content (AvgIpc) is 3.65. The van der Waals surface area contributed by atoms with Crippen molar-refractivity contribution in [1.29, 1.82) is 0 Å². The molecule has 2 saturated heterocycles. The first-order valence-corrected chi connectivity index (χ1v) is 22.8. The molecule has 4 aromatic carbocycles. The number of nitrogens with zero attached hydrogens (tertiary/aromatic N) is 2. The van der Waals surface area contributed by atoms with Crippen LogP contribution in [0, 0.1) is 41.5 Å². The molecule has 12 heteroatoms. The first-order chi connectivity index (χ1) is 26.7. The van der Waals surface area contributed by atoms with Crippen molar-refractivity contribution in [3.8, 4) is 22.6 Å². The van der Waals surface area contributed by atoms with E-state index in [2.05, 4.69) is 0 Å². The number of rotatable bonds is 7. The monoisotopic (exact) mass is 832 g/mol. The summed E-state index contributed by atoms with van der Waals surface area (Å²) in [6, 6.07) is 13.4. The number of benzene rings is 4. The molecule has 2 aliphatic heterocycles. The Hall–Kier alpha value is -3.78. The van der Waals surface area contributed by atoms with E-state index in [1.807, 2.05) is 79.7 Å². The minimum atomic E-state index is -4.15. The highest BCUT2D eigenvalue weighted by Crippen LogP contribution is 2.51. The molecule has 0 amide bonds. The molecule has 2 N–H and O–H groups in total. The SMILES string of the molecule is Cc1cc(C)c(S(=O)(=O)N2[C@@H](C)CO[C@H]2c2cc(C(C)(C)C)cc(-c3cc(C(C)(C)C)cc([C@@H]4OC[C@H](C)N4S(=O)(=O)c4c(C)cc(C)cc4C)c3O)c2O)c(C)c1. The van der Waals surface area contributed by atoms with Gasteiger partial charge in [-0.15, -0.1) is 0 Å². The summed E-state index contributed by atoms with van der Waals surface area (Å²) in [5, 5.41) is 24.9. The van der Waals surface area contributed by atoms with Crippen molar-refractivity contribution in [1.82, 2.24) is 8.61 Å². The van der Waals surface area contributed by atoms with Gasteiger partial charge in [-0.2, -0.15) is 8.61 Å². The van der Waals surface area contributed by atoms with Crippen molar-refractivity contribution < 1.29 is 36.5 Å². The van der Waals surface area contributed by atoms with Gasteiger partial charge in [0.2, 0.25) is 20.0 Å². The van der Waals surface area contributed by atoms with Crippen LogP contribution in [0.4, 0.5) is 0 Å². The molecule has 0 aliphatic carbocycles. The second kappa shape index (κ2) is 15.0. The van der Waals surface area contributed by atoms with Gasteiger partial charge in [0.15, 0.2) is 12.5 Å². The van der Waals surface area contributed by atoms with Gasteiger partial charge in [0.05, 0.1) is 23.0 Å². The van der Waals surface area contributed by atoms with E-state index in [1.165, 1.54) is 8.61 Å². The van der Waals surface area contributed by atoms with E-state index in [4.69, 9.17) is 9.47 Å². The molecule has 314 valence electrons. The smallest absolute Gasteiger partial charge is 0.246 e. The summed E-state index contributed by atoms with van der Waals surface area (Å²) in [4.78, 5) is 0.405. The van der Waals surface area contributed by atoms with Gasteiger partial charge in [0, 0.05) is 34.3 Å². The van der Waals surface area contributed by atoms with E-state index in [0.29, 0.717) is 22.3 Å². The minimum absolute atomic E-state index is 0.0960. The molecule has 0 bridgehead atoms. The van der Waals surface area contributed by atoms with Crippen LogP contribution >= 0.6 is 0 Å². The van der Waals surface area contributed by atoms with E-state index >= 15 is 0 Å². The number of ether oxygens (including phenoxy) is 2. The minimum Gasteiger partial charge on any atom is -0.507 e. The lowest BCUT2D eigenvalue weighted by molar-refractivity contribution is 0.0655. The third-order valence-electron chi connectivity index (χ3n) is 11.4. The Labute approximate surface area is 345 Å². The Morgan fingerprint density at radius 3 is 1.10 bits per heavy atom. The zero-order valence-corrected chi connectivity index (χ0v) is 38.0. The molecule has 10 nitrogen and oxygen atoms in total. The molecule has 0 unspecified atom stereocenters. The topological polar surface area (TPSA) is 134 Å². The Kier molecular flexibility index (Phi) is 11.4. The van der Waals surface area contributed by atoms with Gasteiger partial charge in [-0.25, -0.2) is 16.8 Å². The first-order valence-electron chi connectivity index (χ1n) is 19.9. The number of aromatic hydroxyl groups is 2. The Balaban J connectivity index is 1.59. The van der Waals surface area contributed by atoms with Crippen LogP contribution in [0.2, 0.25) is 0 Å². The maximum Gasteiger partial charge on any atom is 0.246 e. The van der Waals surface area contributed by atoms with E-state index < -0.39 is 55.4 Å². The van der Waals surface area contributed by atoms with Gasteiger partial charge in [0.1, 0.15) is 11.5 Å². The van der Waals surface area contributed by atoms with Crippen LogP contribution in [0.5, 0.6) is 11.5 Å². The summed E-state index contributed by atoms with van der Waals surface area (Å²) >= 11 is 0. The average molecular weight is 833 g/mol. The van der Waals surface area contributed by atoms with Crippen LogP contribution < -0.4 is 0 Å². The van der Waals surface area contributed by atoms with Crippen molar-refractivity contribution in [2.24, 2.45) is 0 Å². The highest BCUT2D eigenvalue weighted by atomic mass is 32.2. The van der Waals surface area contributed by atoms with Gasteiger partial charge >= 0.3 is 0 Å². The standard InChI is InChI=1S/C46H60N2O8S2/c1-25-15-27(3)41(28(4)16-25)57(51,52)47-31(7)23-55-43(47)37-21-33(45(9,10)11)19-35(39(37)49)36-20-34(46(12,13)14)22-38(40(36)50)44-48(32(8)24-56-44)58(53,54)42-29(5)17-26(2)18-30(42)6/h15-22,31-32,43-44,49-50H,23-24H2,1-14H3/t31-,32-,43-,44-/m0/s1. The summed E-state index contributed by atoms with van der Waals surface area (Å²) in [5.41, 5.74) is 5.89. The van der Waals surface area contributed by atoms with Crippen LogP contribution in [-0.2, 0) is 40.4 Å². The molecular formula is C46H60N2O8S2. The highest BCUT2D eigenvalue weighted by molar-refractivity contribution is 7.89. The fourth-order valence-electron chi connectivity index (χ4n) is 8.72. The van der Waals surface area contributed by atoms with E-state index in [0.717, 1.165) is 22.3 Å². The second-order valence-corrected chi connectivity index (χ2v) is 22.2. The number of phenols is 2. The molecule has 0 saturated carbocycles. The molecule has 2 heterocycles. The molecule has 4 aromatic rings. The highest BCUT2D eigenvalue weighted by Gasteiger charge is 2.47. The lowest BCUT2D eigenvalue weighted by Gasteiger charge is -2.31. The van der Waals surface area contributed by atoms with Crippen LogP contribution in [0.25, 0.3) is 11.1 Å². The van der Waals surface area contributed by atoms with Crippen molar-refractivity contribution in [3.63, 3.8) is 0 Å². The molecule has 0 aromatic heterocycles. The largest absolute Gasteiger partial charge is 0.507 e. The maximum atomic E-state index is 14.7. The van der Waals surface area contributed by atoms with Gasteiger partial charge in [-0.3, -0.25) is 0 Å². The molecule has 4 atom stereocenters. The molecule has 2 fully saturated rings. The predicted molar refractivity (Wildman–Crippen MR) is 228 cm³/mol. The lowest BCUT2D eigenvalue weighted by atomic mass is 9.80. The molecule has 0 spiro atoms. The maximum absolute atomic E-state index is 14.7. The molecular weight excluding hydrogens is 773 g/mol. The summed E-state index contributed by atoms with van der Waals surface area (Å²) < 4.78 is 74.0. The van der Waals surface area contributed by atoms with Gasteiger partial charge in [0.25, 0.3) is 0 Å². The van der Waals surface area contributed by atoms with Crippen LogP contribution in [-0.4, -0.2) is 61.0 Å². The van der Waals surface area contributed by atoms with Crippen molar-refractivity contribution >= 4 is 20.0 Å². The second-order valence-electron chi connectivity index (χ2n) is 18.6. The van der Waals surface area contributed by atoms with E-state index in [9.17, 15) is 27.0 Å². The van der Waals surface area contributed by atoms with Gasteiger partial charge in [-0.05, 0) is 124 Å². The molecule has 58 heavy (non-hydrogen) atoms. The number of phenolic OH excluding ortho intramolecular Hbond substituents is 2. The fourth-order valence-corrected chi connectivity index (χ4v) is 12.9. The fraction of sp³-hybridized carbons (Fsp3) is 0.478. The van der Waals surface area contributed by atoms with Crippen molar-refractivity contribution in [2.45, 2.75) is 142 Å². The Morgan fingerprint density at radius 1 is 0.534 bits per heavy atom. The Morgan fingerprint density at radius 2 is 0.828 bits per heavy atom. The first kappa shape index (κ1) is 43.8. The molecule has 2 aliphatic rings. The summed E-state index contributed by atoms with van der Waals surface area (Å²) in [6.45, 7) is 26.8. The van der Waals surface area contributed by atoms with Gasteiger partial charge in [-0.1, -0.05) is 76.9 Å². The third-order valence-corrected chi connectivity index (χ3v) is 16.0. The third kappa shape index (κ3) is 7.60. The summed E-state index contributed by atoms with van der Waals surface area (Å²) in [7, 11) is -8.29. The van der Waals surface area contributed by atoms with E-state index in [1.54, 1.807) is 65.8 Å². The zero-order chi connectivity index (χ0) is 43.2. The lowest BCUT2D eigenvalue weighted by Crippen LogP contribution is -2.37. The Bertz CT molecular complexity index is 2290. The van der Waals surface area contributed by atoms with Gasteiger partial charge < -0.3 is 19.7 Å². The van der Waals surface area contributed by atoms with Crippen LogP contribution in [0.15, 0.2) is 58.3 Å².